The Kier molecular flexibility index (Phi) is 12.2. The molecule has 4 aromatic carbocycles. The van der Waals surface area contributed by atoms with Crippen LogP contribution < -0.4 is 5.32 Å². The zero-order valence-corrected chi connectivity index (χ0v) is 28.7. The third kappa shape index (κ3) is 8.95. The summed E-state index contributed by atoms with van der Waals surface area (Å²) in [7, 11) is -9.00. The van der Waals surface area contributed by atoms with Gasteiger partial charge in [-0.25, -0.2) is 18.9 Å². The smallest absolute Gasteiger partial charge is 0.313 e. The van der Waals surface area contributed by atoms with Gasteiger partial charge in [-0.3, -0.25) is 8.74 Å². The van der Waals surface area contributed by atoms with Crippen LogP contribution in [0.4, 0.5) is 31.7 Å². The number of azo groups is 1. The summed E-state index contributed by atoms with van der Waals surface area (Å²) in [4.78, 5) is 5.28. The Morgan fingerprint density at radius 2 is 1.65 bits per heavy atom. The molecule has 0 saturated carbocycles. The largest absolute Gasteiger partial charge is 0.505 e. The summed E-state index contributed by atoms with van der Waals surface area (Å²) >= 11 is 6.36. The van der Waals surface area contributed by atoms with Crippen LogP contribution in [-0.4, -0.2) is 59.3 Å². The van der Waals surface area contributed by atoms with E-state index in [1.54, 1.807) is 0 Å². The second-order valence-electron chi connectivity index (χ2n) is 9.63. The lowest BCUT2D eigenvalue weighted by molar-refractivity contribution is -0.434. The number of hydrogen-bond acceptors (Lipinski definition) is 19. The molecule has 18 nitrogen and oxygen atoms in total. The van der Waals surface area contributed by atoms with Crippen LogP contribution in [0, 0.1) is 12.0 Å². The third-order valence-electron chi connectivity index (χ3n) is 6.59. The van der Waals surface area contributed by atoms with Gasteiger partial charge in [0.25, 0.3) is 10.1 Å². The molecule has 1 heterocycles. The van der Waals surface area contributed by atoms with Crippen LogP contribution in [0.15, 0.2) is 79.5 Å². The molecule has 0 atom stereocenters. The minimum atomic E-state index is -5.03. The van der Waals surface area contributed by atoms with Gasteiger partial charge in [-0.05, 0) is 53.2 Å². The predicted octanol–water partition coefficient (Wildman–Crippen LogP) is 7.03. The third-order valence-corrected chi connectivity index (χ3v) is 10.5. The molecule has 5 rings (SSSR count). The minimum Gasteiger partial charge on any atom is -0.505 e. The van der Waals surface area contributed by atoms with Crippen molar-refractivity contribution in [3.63, 3.8) is 0 Å². The molecule has 51 heavy (non-hydrogen) atoms. The molecule has 0 bridgehead atoms. The maximum Gasteiger partial charge on any atom is 0.313 e. The normalized spacial score (nSPS) is 12.4. The summed E-state index contributed by atoms with van der Waals surface area (Å²) < 4.78 is 101. The zero-order valence-electron chi connectivity index (χ0n) is 24.6. The quantitative estimate of drug-likeness (QED) is 0.0104. The number of sulfone groups is 1. The van der Waals surface area contributed by atoms with Gasteiger partial charge < -0.3 is 10.4 Å². The lowest BCUT2D eigenvalue weighted by Gasteiger charge is -2.12. The summed E-state index contributed by atoms with van der Waals surface area (Å²) in [6.07, 6.45) is -1.38. The van der Waals surface area contributed by atoms with E-state index >= 15 is 0 Å². The van der Waals surface area contributed by atoms with Gasteiger partial charge in [-0.15, -0.1) is 18.9 Å². The van der Waals surface area contributed by atoms with Crippen molar-refractivity contribution in [3.05, 3.63) is 71.6 Å². The highest BCUT2D eigenvalue weighted by atomic mass is 35.5. The van der Waals surface area contributed by atoms with Crippen molar-refractivity contribution in [3.8, 4) is 5.75 Å². The predicted molar refractivity (Wildman–Crippen MR) is 175 cm³/mol. The van der Waals surface area contributed by atoms with Crippen molar-refractivity contribution in [1.29, 1.82) is 0 Å². The van der Waals surface area contributed by atoms with Crippen molar-refractivity contribution >= 4 is 100 Å². The molecule has 0 saturated heterocycles. The lowest BCUT2D eigenvalue weighted by atomic mass is 10.1. The van der Waals surface area contributed by atoms with Crippen molar-refractivity contribution in [2.45, 2.75) is 14.7 Å². The first kappa shape index (κ1) is 38.3. The topological polar surface area (TPSA) is 258 Å². The highest BCUT2D eigenvalue weighted by Gasteiger charge is 2.23. The van der Waals surface area contributed by atoms with Gasteiger partial charge in [0.05, 0.1) is 34.2 Å². The van der Waals surface area contributed by atoms with Crippen LogP contribution in [0.3, 0.4) is 0 Å². The molecule has 1 aromatic heterocycles. The number of phenolic OH excluding ortho intramolecular Hbond substituents is 1. The fourth-order valence-corrected chi connectivity index (χ4v) is 7.40. The van der Waals surface area contributed by atoms with E-state index in [0.29, 0.717) is 12.0 Å². The number of nitrogens with one attached hydrogen (secondary N) is 1. The number of benzene rings is 4. The maximum absolute atomic E-state index is 13.8. The Morgan fingerprint density at radius 1 is 0.902 bits per heavy atom. The Balaban J connectivity index is 1.52. The molecule has 0 aliphatic carbocycles. The van der Waals surface area contributed by atoms with Gasteiger partial charge in [0.1, 0.15) is 21.3 Å². The van der Waals surface area contributed by atoms with E-state index in [4.69, 9.17) is 26.3 Å². The van der Waals surface area contributed by atoms with Gasteiger partial charge in [0.15, 0.2) is 33.7 Å². The molecule has 5 aromatic rings. The van der Waals surface area contributed by atoms with Crippen molar-refractivity contribution < 1.29 is 68.7 Å². The van der Waals surface area contributed by atoms with E-state index in [-0.39, 0.29) is 61.6 Å². The van der Waals surface area contributed by atoms with Crippen molar-refractivity contribution in [1.82, 2.24) is 9.97 Å². The number of aromatic nitrogens is 2. The Bertz CT molecular complexity index is 2380. The molecule has 270 valence electrons. The second kappa shape index (κ2) is 16.2. The summed E-state index contributed by atoms with van der Waals surface area (Å²) in [5.41, 5.74) is -0.550. The van der Waals surface area contributed by atoms with Crippen LogP contribution >= 0.6 is 36.0 Å². The molecule has 5 N–H and O–H groups in total. The van der Waals surface area contributed by atoms with Gasteiger partial charge >= 0.3 is 6.08 Å². The Hall–Kier alpha value is -3.89. The average molecular weight is 810 g/mol. The standard InChI is InChI=1S/C26H18ClF2N5O13S4/c27-20-24(28)31-26(29)32-25(20)30-14-2-4-16-13(9-14)11-19(48-46-44-36)21(22(16)35)34-33-18-6-1-12-10-15(3-5-17(12)23(18)51(40,41)42)50(38,39)8-7-43-49-47-45-37/h1-6,9-11,35-37H,7-8H2,(H,30,31,32)(H,40,41,42). The first-order valence-electron chi connectivity index (χ1n) is 13.3. The van der Waals surface area contributed by atoms with Crippen LogP contribution in [-0.2, 0) is 42.9 Å². The second-order valence-corrected chi connectivity index (χ2v) is 14.7. The van der Waals surface area contributed by atoms with Crippen LogP contribution in [0.5, 0.6) is 5.75 Å². The first-order valence-corrected chi connectivity index (χ1v) is 18.2. The van der Waals surface area contributed by atoms with Crippen molar-refractivity contribution in [2.75, 3.05) is 17.7 Å². The van der Waals surface area contributed by atoms with Gasteiger partial charge in [-0.1, -0.05) is 33.8 Å². The molecule has 0 unspecified atom stereocenters. The van der Waals surface area contributed by atoms with E-state index < -0.39 is 64.9 Å². The van der Waals surface area contributed by atoms with Gasteiger partial charge in [0, 0.05) is 16.5 Å². The summed E-state index contributed by atoms with van der Waals surface area (Å²) in [6.45, 7) is -0.375. The van der Waals surface area contributed by atoms with E-state index in [2.05, 4.69) is 44.3 Å². The molecule has 0 aliphatic rings. The number of aromatic hydroxyl groups is 1. The van der Waals surface area contributed by atoms with Gasteiger partial charge in [0.2, 0.25) is 5.95 Å². The molecule has 25 heteroatoms. The SMILES string of the molecule is O=S(=O)(O)c1c(N=Nc2c(SOOO)cc3cc(Nc4nc(F)nc(F)c4Cl)ccc3c2O)ccc2cc(S(=O)(=O)CCOSOOO)ccc12. The average Bonchev–Trinajstić information content (AvgIpc) is 3.08. The van der Waals surface area contributed by atoms with Crippen molar-refractivity contribution in [2.24, 2.45) is 10.2 Å². The fourth-order valence-electron chi connectivity index (χ4n) is 4.50. The lowest BCUT2D eigenvalue weighted by Crippen LogP contribution is -2.11. The number of rotatable bonds is 15. The first-order chi connectivity index (χ1) is 24.2. The number of fused-ring (bicyclic) bond motifs is 2. The fraction of sp³-hybridized carbons (Fsp3) is 0.0769. The number of anilines is 2. The molecular weight excluding hydrogens is 792 g/mol. The highest BCUT2D eigenvalue weighted by molar-refractivity contribution is 7.94. The number of phenols is 1. The number of hydrogen-bond donors (Lipinski definition) is 5. The van der Waals surface area contributed by atoms with Crippen LogP contribution in [0.2, 0.25) is 5.02 Å². The number of nitrogens with zero attached hydrogens (tertiary/aromatic N) is 4. The number of halogens is 3. The van der Waals surface area contributed by atoms with Gasteiger partial charge in [-0.2, -0.15) is 27.2 Å². The molecule has 0 spiro atoms. The Morgan fingerprint density at radius 3 is 2.37 bits per heavy atom. The molecular formula is C26H18ClF2N5O13S4. The molecule has 0 aliphatic heterocycles. The summed E-state index contributed by atoms with van der Waals surface area (Å²) in [5.74, 6) is -2.77. The molecule has 0 fully saturated rings. The van der Waals surface area contributed by atoms with E-state index in [9.17, 15) is 35.3 Å². The summed E-state index contributed by atoms with van der Waals surface area (Å²) in [5, 5.41) is 45.2. The maximum atomic E-state index is 13.8. The van der Waals surface area contributed by atoms with E-state index in [0.717, 1.165) is 24.3 Å². The van der Waals surface area contributed by atoms with E-state index in [1.165, 1.54) is 30.3 Å². The van der Waals surface area contributed by atoms with Crippen LogP contribution in [0.1, 0.15) is 0 Å². The monoisotopic (exact) mass is 809 g/mol. The zero-order chi connectivity index (χ0) is 36.9. The van der Waals surface area contributed by atoms with E-state index in [1.807, 2.05) is 0 Å². The highest BCUT2D eigenvalue weighted by Crippen LogP contribution is 2.45. The summed E-state index contributed by atoms with van der Waals surface area (Å²) in [6, 6.07) is 11.4. The molecule has 0 radical (unpaired) electrons. The Labute approximate surface area is 298 Å². The minimum absolute atomic E-state index is 0.0611. The molecule has 0 amide bonds. The van der Waals surface area contributed by atoms with Crippen LogP contribution in [0.25, 0.3) is 21.5 Å².